The van der Waals surface area contributed by atoms with Crippen molar-refractivity contribution in [3.05, 3.63) is 27.7 Å². The Morgan fingerprint density at radius 1 is 0.625 bits per heavy atom. The van der Waals surface area contributed by atoms with Crippen LogP contribution in [0, 0.1) is 38.5 Å². The smallest absolute Gasteiger partial charge is 0.413 e. The Bertz CT molecular complexity index is 211. The molecule has 6 heteroatoms. The molecule has 0 N–H and O–H groups in total. The Balaban J connectivity index is 1.82. The normalized spacial score (nSPS) is 29.2. The first-order chi connectivity index (χ1) is 7.38. The molecule has 0 amide bonds. The number of hydrogen-bond donors (Lipinski definition) is 0. The third kappa shape index (κ3) is 3.00. The van der Waals surface area contributed by atoms with Gasteiger partial charge in [-0.2, -0.15) is 0 Å². The van der Waals surface area contributed by atoms with Gasteiger partial charge in [-0.15, -0.1) is 0 Å². The van der Waals surface area contributed by atoms with E-state index in [1.165, 1.54) is 0 Å². The highest BCUT2D eigenvalue weighted by molar-refractivity contribution is 7.10. The van der Waals surface area contributed by atoms with Crippen molar-refractivity contribution in [1.82, 2.24) is 0 Å². The highest BCUT2D eigenvalue weighted by atomic mass is 16.7. The summed E-state index contributed by atoms with van der Waals surface area (Å²) in [6, 6.07) is 0. The molecule has 2 aliphatic heterocycles. The predicted octanol–water partition coefficient (Wildman–Crippen LogP) is -0.0480. The zero-order chi connectivity index (χ0) is 11.8. The maximum absolute atomic E-state index is 5.62. The summed E-state index contributed by atoms with van der Waals surface area (Å²) >= 11 is 0. The highest BCUT2D eigenvalue weighted by Crippen LogP contribution is 2.25. The van der Waals surface area contributed by atoms with Crippen molar-refractivity contribution in [2.45, 2.75) is 0 Å². The van der Waals surface area contributed by atoms with Crippen LogP contribution in [0.15, 0.2) is 0 Å². The molecular formula is C10H12B2O4. The lowest BCUT2D eigenvalue weighted by atomic mass is 9.47. The Morgan fingerprint density at radius 3 is 1.12 bits per heavy atom. The van der Waals surface area contributed by atoms with Crippen LogP contribution in [0.4, 0.5) is 0 Å². The van der Waals surface area contributed by atoms with Gasteiger partial charge in [0.2, 0.25) is 0 Å². The van der Waals surface area contributed by atoms with Crippen LogP contribution >= 0.6 is 0 Å². The lowest BCUT2D eigenvalue weighted by Crippen LogP contribution is -2.56. The van der Waals surface area contributed by atoms with E-state index in [9.17, 15) is 0 Å². The highest BCUT2D eigenvalue weighted by Gasteiger charge is 2.47. The van der Waals surface area contributed by atoms with E-state index in [1.807, 2.05) is 0 Å². The zero-order valence-corrected chi connectivity index (χ0v) is 8.93. The molecule has 0 spiro atoms. The van der Waals surface area contributed by atoms with Crippen LogP contribution in [0.2, 0.25) is 0 Å². The first-order valence-electron chi connectivity index (χ1n) is 5.00. The summed E-state index contributed by atoms with van der Waals surface area (Å²) in [7, 11) is -1.28. The van der Waals surface area contributed by atoms with Crippen LogP contribution < -0.4 is 0 Å². The zero-order valence-electron chi connectivity index (χ0n) is 8.93. The molecule has 82 valence electrons. The maximum Gasteiger partial charge on any atom is 0.488 e. The fourth-order valence-electron chi connectivity index (χ4n) is 1.44. The molecule has 4 nitrogen and oxygen atoms in total. The lowest BCUT2D eigenvalue weighted by Gasteiger charge is -2.37. The van der Waals surface area contributed by atoms with Crippen molar-refractivity contribution in [1.29, 1.82) is 0 Å². The van der Waals surface area contributed by atoms with Crippen LogP contribution in [-0.2, 0) is 18.6 Å². The fraction of sp³-hybridized carbons (Fsp3) is 0.600. The van der Waals surface area contributed by atoms with E-state index < -0.39 is 24.8 Å². The minimum absolute atomic E-state index is 0.178. The molecular weight excluding hydrogens is 206 g/mol. The molecule has 0 atom stereocenters. The van der Waals surface area contributed by atoms with E-state index in [-0.39, 0.29) is 26.4 Å². The topological polar surface area (TPSA) is 36.9 Å². The first-order valence-corrected chi connectivity index (χ1v) is 5.00. The minimum Gasteiger partial charge on any atom is -0.413 e. The monoisotopic (exact) mass is 218 g/mol. The third-order valence-corrected chi connectivity index (χ3v) is 2.29. The van der Waals surface area contributed by atoms with Crippen molar-refractivity contribution in [3.63, 3.8) is 0 Å². The van der Waals surface area contributed by atoms with Crippen molar-refractivity contribution in [2.24, 2.45) is 10.8 Å². The summed E-state index contributed by atoms with van der Waals surface area (Å²) in [5, 5.41) is 0. The molecule has 2 saturated heterocycles. The summed E-state index contributed by atoms with van der Waals surface area (Å²) in [6.45, 7) is 23.2. The van der Waals surface area contributed by atoms with Crippen molar-refractivity contribution >= 4 is 14.0 Å². The van der Waals surface area contributed by atoms with E-state index in [4.69, 9.17) is 46.3 Å². The van der Waals surface area contributed by atoms with E-state index in [2.05, 4.69) is 0 Å². The largest absolute Gasteiger partial charge is 0.488 e. The summed E-state index contributed by atoms with van der Waals surface area (Å²) < 4.78 is 21.2. The van der Waals surface area contributed by atoms with Crippen LogP contribution in [0.3, 0.4) is 0 Å². The van der Waals surface area contributed by atoms with Crippen LogP contribution in [0.1, 0.15) is 0 Å². The Labute approximate surface area is 98.2 Å². The first kappa shape index (κ1) is 12.4. The maximum atomic E-state index is 5.62. The van der Waals surface area contributed by atoms with Crippen LogP contribution in [-0.4, -0.2) is 40.4 Å². The van der Waals surface area contributed by atoms with Crippen LogP contribution in [0.25, 0.3) is 0 Å². The number of rotatable bonds is 1. The molecule has 0 aromatic carbocycles. The third-order valence-electron chi connectivity index (χ3n) is 2.29. The van der Waals surface area contributed by atoms with Gasteiger partial charge in [0.1, 0.15) is 0 Å². The van der Waals surface area contributed by atoms with Gasteiger partial charge in [-0.3, -0.25) is 0 Å². The Morgan fingerprint density at radius 2 is 0.875 bits per heavy atom. The molecule has 2 rings (SSSR count). The second-order valence-electron chi connectivity index (χ2n) is 4.45. The Kier molecular flexibility index (Phi) is 3.36. The van der Waals surface area contributed by atoms with E-state index >= 15 is 0 Å². The molecule has 0 aromatic heterocycles. The van der Waals surface area contributed by atoms with E-state index in [1.54, 1.807) is 0 Å². The second-order valence-corrected chi connectivity index (χ2v) is 4.45. The van der Waals surface area contributed by atoms with E-state index in [0.29, 0.717) is 0 Å². The summed E-state index contributed by atoms with van der Waals surface area (Å²) in [6.07, 6.45) is 0. The van der Waals surface area contributed by atoms with Gasteiger partial charge in [-0.25, -0.2) is 0 Å². The predicted molar refractivity (Wildman–Crippen MR) is 57.4 cm³/mol. The Hall–Kier alpha value is -0.0301. The molecule has 2 heterocycles. The van der Waals surface area contributed by atoms with Gasteiger partial charge in [-0.05, 0) is 27.7 Å². The summed E-state index contributed by atoms with van der Waals surface area (Å²) in [4.78, 5) is 0. The molecule has 8 radical (unpaired) electrons. The molecule has 0 aliphatic carbocycles. The fourth-order valence-corrected chi connectivity index (χ4v) is 1.44. The number of hydrogen-bond acceptors (Lipinski definition) is 4. The van der Waals surface area contributed by atoms with Gasteiger partial charge < -0.3 is 18.6 Å². The van der Waals surface area contributed by atoms with E-state index in [0.717, 1.165) is 0 Å². The standard InChI is InChI=1S/C10H12B2O4/c1-9(2)5-13-11(14-6-9)12-15-7-10(3,4)8-16-12/h1-4H,5-8H2. The lowest BCUT2D eigenvalue weighted by molar-refractivity contribution is 0.0346. The van der Waals surface area contributed by atoms with Gasteiger partial charge in [0, 0.05) is 37.3 Å². The second kappa shape index (κ2) is 4.33. The SMILES string of the molecule is [CH]C1([CH])COB(B2OCC([CH])([CH])CO2)OC1. The van der Waals surface area contributed by atoms with Gasteiger partial charge in [0.05, 0.1) is 0 Å². The molecule has 2 fully saturated rings. The quantitative estimate of drug-likeness (QED) is 0.578. The van der Waals surface area contributed by atoms with Crippen LogP contribution in [0.5, 0.6) is 0 Å². The molecule has 0 aromatic rings. The van der Waals surface area contributed by atoms with Gasteiger partial charge >= 0.3 is 14.0 Å². The van der Waals surface area contributed by atoms with Gasteiger partial charge in [0.25, 0.3) is 0 Å². The summed E-state index contributed by atoms with van der Waals surface area (Å²) in [5.74, 6) is 0. The minimum atomic E-state index is -0.962. The average Bonchev–Trinajstić information content (AvgIpc) is 2.19. The van der Waals surface area contributed by atoms with Gasteiger partial charge in [0.15, 0.2) is 0 Å². The van der Waals surface area contributed by atoms with Crippen molar-refractivity contribution in [2.75, 3.05) is 26.4 Å². The average molecular weight is 218 g/mol. The van der Waals surface area contributed by atoms with Crippen molar-refractivity contribution in [3.8, 4) is 0 Å². The molecule has 0 saturated carbocycles. The molecule has 2 aliphatic rings. The van der Waals surface area contributed by atoms with Gasteiger partial charge in [-0.1, -0.05) is 0 Å². The molecule has 0 bridgehead atoms. The molecule has 16 heavy (non-hydrogen) atoms. The summed E-state index contributed by atoms with van der Waals surface area (Å²) in [5.41, 5.74) is -1.92. The molecule has 0 unspecified atom stereocenters. The van der Waals surface area contributed by atoms with Crippen molar-refractivity contribution < 1.29 is 18.6 Å².